The lowest BCUT2D eigenvalue weighted by atomic mass is 10.2. The van der Waals surface area contributed by atoms with Crippen LogP contribution in [0.15, 0.2) is 24.5 Å². The predicted octanol–water partition coefficient (Wildman–Crippen LogP) is 2.00. The number of benzene rings is 1. The Morgan fingerprint density at radius 2 is 2.20 bits per heavy atom. The second-order valence-electron chi connectivity index (χ2n) is 2.98. The van der Waals surface area contributed by atoms with Gasteiger partial charge in [0.1, 0.15) is 11.5 Å². The molecule has 0 saturated carbocycles. The summed E-state index contributed by atoms with van der Waals surface area (Å²) in [7, 11) is 0. The number of hydrogen-bond donors (Lipinski definition) is 1. The van der Waals surface area contributed by atoms with E-state index in [9.17, 15) is 4.21 Å². The largest absolute Gasteiger partial charge is 0.306 e. The molecule has 0 bridgehead atoms. The highest BCUT2D eigenvalue weighted by Crippen LogP contribution is 2.20. The molecule has 0 aliphatic heterocycles. The standard InChI is InChI=1S/C9H7ClN2O2S/c10-9-7-2-1-6(4-15(13)14)3-8(7)11-5-12-9/h1-3,5H,4H2,(H,13,14). The van der Waals surface area contributed by atoms with Crippen LogP contribution in [0.4, 0.5) is 0 Å². The molecule has 1 unspecified atom stereocenters. The average molecular weight is 243 g/mol. The number of aromatic nitrogens is 2. The van der Waals surface area contributed by atoms with Crippen LogP contribution in [0.1, 0.15) is 5.56 Å². The molecule has 15 heavy (non-hydrogen) atoms. The van der Waals surface area contributed by atoms with E-state index in [2.05, 4.69) is 9.97 Å². The van der Waals surface area contributed by atoms with Crippen LogP contribution in [0.5, 0.6) is 0 Å². The fourth-order valence-corrected chi connectivity index (χ4v) is 1.97. The Bertz CT molecular complexity index is 533. The van der Waals surface area contributed by atoms with E-state index in [4.69, 9.17) is 16.2 Å². The third-order valence-corrected chi connectivity index (χ3v) is 2.82. The van der Waals surface area contributed by atoms with Crippen molar-refractivity contribution in [2.45, 2.75) is 5.75 Å². The van der Waals surface area contributed by atoms with E-state index in [0.717, 1.165) is 10.9 Å². The zero-order chi connectivity index (χ0) is 10.8. The summed E-state index contributed by atoms with van der Waals surface area (Å²) in [5, 5.41) is 1.13. The van der Waals surface area contributed by atoms with Crippen LogP contribution < -0.4 is 0 Å². The van der Waals surface area contributed by atoms with Gasteiger partial charge in [0, 0.05) is 5.39 Å². The molecule has 0 spiro atoms. The minimum absolute atomic E-state index is 0.0948. The maximum atomic E-state index is 10.6. The molecule has 0 radical (unpaired) electrons. The van der Waals surface area contributed by atoms with Crippen molar-refractivity contribution >= 4 is 33.6 Å². The first kappa shape index (κ1) is 10.5. The molecule has 1 aromatic carbocycles. The first-order valence-electron chi connectivity index (χ1n) is 4.13. The Hall–Kier alpha value is -1.04. The van der Waals surface area contributed by atoms with Crippen molar-refractivity contribution in [2.24, 2.45) is 0 Å². The van der Waals surface area contributed by atoms with Gasteiger partial charge in [-0.15, -0.1) is 0 Å². The van der Waals surface area contributed by atoms with Gasteiger partial charge in [-0.2, -0.15) is 0 Å². The molecule has 6 heteroatoms. The van der Waals surface area contributed by atoms with Gasteiger partial charge in [-0.3, -0.25) is 0 Å². The Morgan fingerprint density at radius 3 is 2.93 bits per heavy atom. The van der Waals surface area contributed by atoms with E-state index in [0.29, 0.717) is 10.7 Å². The van der Waals surface area contributed by atoms with Gasteiger partial charge in [-0.25, -0.2) is 14.2 Å². The monoisotopic (exact) mass is 242 g/mol. The molecule has 78 valence electrons. The zero-order valence-corrected chi connectivity index (χ0v) is 9.13. The second-order valence-corrected chi connectivity index (χ2v) is 4.27. The summed E-state index contributed by atoms with van der Waals surface area (Å²) in [5.74, 6) is 0.0948. The van der Waals surface area contributed by atoms with Crippen molar-refractivity contribution in [3.8, 4) is 0 Å². The lowest BCUT2D eigenvalue weighted by Crippen LogP contribution is -1.93. The number of hydrogen-bond acceptors (Lipinski definition) is 3. The molecule has 1 heterocycles. The smallest absolute Gasteiger partial charge is 0.157 e. The van der Waals surface area contributed by atoms with Crippen LogP contribution in [0.2, 0.25) is 5.15 Å². The summed E-state index contributed by atoms with van der Waals surface area (Å²) in [6.07, 6.45) is 1.37. The minimum atomic E-state index is -1.84. The molecule has 0 aliphatic rings. The maximum Gasteiger partial charge on any atom is 0.157 e. The van der Waals surface area contributed by atoms with Crippen molar-refractivity contribution in [3.05, 3.63) is 35.2 Å². The van der Waals surface area contributed by atoms with Gasteiger partial charge in [0.25, 0.3) is 0 Å². The molecule has 4 nitrogen and oxygen atoms in total. The first-order chi connectivity index (χ1) is 7.16. The maximum absolute atomic E-state index is 10.6. The first-order valence-corrected chi connectivity index (χ1v) is 5.79. The summed E-state index contributed by atoms with van der Waals surface area (Å²) in [6, 6.07) is 5.22. The van der Waals surface area contributed by atoms with E-state index in [1.807, 2.05) is 0 Å². The van der Waals surface area contributed by atoms with E-state index in [1.165, 1.54) is 6.33 Å². The van der Waals surface area contributed by atoms with E-state index in [-0.39, 0.29) is 5.75 Å². The molecule has 0 fully saturated rings. The van der Waals surface area contributed by atoms with Gasteiger partial charge < -0.3 is 4.55 Å². The Morgan fingerprint density at radius 1 is 1.40 bits per heavy atom. The molecule has 2 aromatic rings. The van der Waals surface area contributed by atoms with Gasteiger partial charge in [-0.05, 0) is 17.7 Å². The van der Waals surface area contributed by atoms with Crippen LogP contribution in [0, 0.1) is 0 Å². The van der Waals surface area contributed by atoms with Crippen LogP contribution >= 0.6 is 11.6 Å². The third kappa shape index (κ3) is 2.31. The average Bonchev–Trinajstić information content (AvgIpc) is 2.17. The van der Waals surface area contributed by atoms with Gasteiger partial charge in [-0.1, -0.05) is 17.7 Å². The van der Waals surface area contributed by atoms with E-state index >= 15 is 0 Å². The fourth-order valence-electron chi connectivity index (χ4n) is 1.30. The van der Waals surface area contributed by atoms with Crippen LogP contribution in [0.25, 0.3) is 10.9 Å². The zero-order valence-electron chi connectivity index (χ0n) is 7.55. The third-order valence-electron chi connectivity index (χ3n) is 1.94. The van der Waals surface area contributed by atoms with Gasteiger partial charge in [0.05, 0.1) is 11.3 Å². The Labute approximate surface area is 93.6 Å². The Balaban J connectivity index is 2.52. The van der Waals surface area contributed by atoms with Crippen molar-refractivity contribution in [3.63, 3.8) is 0 Å². The molecule has 0 saturated heterocycles. The van der Waals surface area contributed by atoms with Gasteiger partial charge in [0.15, 0.2) is 11.1 Å². The molecule has 2 rings (SSSR count). The summed E-state index contributed by atoms with van der Waals surface area (Å²) >= 11 is 4.01. The summed E-state index contributed by atoms with van der Waals surface area (Å²) in [5.41, 5.74) is 1.43. The highest BCUT2D eigenvalue weighted by Gasteiger charge is 2.03. The van der Waals surface area contributed by atoms with E-state index < -0.39 is 11.1 Å². The predicted molar refractivity (Wildman–Crippen MR) is 59.0 cm³/mol. The second kappa shape index (κ2) is 4.22. The van der Waals surface area contributed by atoms with Crippen molar-refractivity contribution in [1.29, 1.82) is 0 Å². The summed E-state index contributed by atoms with van der Waals surface area (Å²) in [6.45, 7) is 0. The van der Waals surface area contributed by atoms with Crippen LogP contribution in [0.3, 0.4) is 0 Å². The summed E-state index contributed by atoms with van der Waals surface area (Å²) < 4.78 is 19.4. The molecule has 0 amide bonds. The summed E-state index contributed by atoms with van der Waals surface area (Å²) in [4.78, 5) is 7.88. The van der Waals surface area contributed by atoms with Crippen molar-refractivity contribution in [1.82, 2.24) is 9.97 Å². The van der Waals surface area contributed by atoms with E-state index in [1.54, 1.807) is 18.2 Å². The molecule has 1 N–H and O–H groups in total. The van der Waals surface area contributed by atoms with Crippen molar-refractivity contribution in [2.75, 3.05) is 0 Å². The number of nitrogens with zero attached hydrogens (tertiary/aromatic N) is 2. The minimum Gasteiger partial charge on any atom is -0.306 e. The quantitative estimate of drug-likeness (QED) is 0.646. The van der Waals surface area contributed by atoms with Gasteiger partial charge in [0.2, 0.25) is 0 Å². The highest BCUT2D eigenvalue weighted by molar-refractivity contribution is 7.78. The molecular weight excluding hydrogens is 236 g/mol. The topological polar surface area (TPSA) is 63.1 Å². The molecule has 0 aliphatic carbocycles. The highest BCUT2D eigenvalue weighted by atomic mass is 35.5. The van der Waals surface area contributed by atoms with Crippen LogP contribution in [-0.4, -0.2) is 18.7 Å². The normalized spacial score (nSPS) is 12.9. The molecule has 1 aromatic heterocycles. The van der Waals surface area contributed by atoms with Gasteiger partial charge >= 0.3 is 0 Å². The molecular formula is C9H7ClN2O2S. The Kier molecular flexibility index (Phi) is 2.95. The number of fused-ring (bicyclic) bond motifs is 1. The lowest BCUT2D eigenvalue weighted by molar-refractivity contribution is 0.563. The SMILES string of the molecule is O=S(O)Cc1ccc2c(Cl)ncnc2c1. The number of halogens is 1. The number of rotatable bonds is 2. The van der Waals surface area contributed by atoms with Crippen LogP contribution in [-0.2, 0) is 16.8 Å². The molecule has 1 atom stereocenters. The lowest BCUT2D eigenvalue weighted by Gasteiger charge is -2.01. The fraction of sp³-hybridized carbons (Fsp3) is 0.111. The van der Waals surface area contributed by atoms with Crippen molar-refractivity contribution < 1.29 is 8.76 Å².